The number of halogens is 1. The number of fused-ring (bicyclic) bond motifs is 1. The van der Waals surface area contributed by atoms with Crippen LogP contribution in [0.15, 0.2) is 83.8 Å². The van der Waals surface area contributed by atoms with Crippen LogP contribution in [-0.4, -0.2) is 54.5 Å². The summed E-state index contributed by atoms with van der Waals surface area (Å²) in [5.74, 6) is -1.94. The van der Waals surface area contributed by atoms with Crippen LogP contribution in [0, 0.1) is 5.82 Å². The predicted octanol–water partition coefficient (Wildman–Crippen LogP) is 3.92. The number of rotatable bonds is 12. The molecule has 4 rings (SSSR count). The second-order valence-electron chi connectivity index (χ2n) is 9.59. The first-order valence-electron chi connectivity index (χ1n) is 13.2. The summed E-state index contributed by atoms with van der Waals surface area (Å²) in [5.41, 5.74) is 1.19. The van der Waals surface area contributed by atoms with E-state index in [4.69, 9.17) is 0 Å². The van der Waals surface area contributed by atoms with Crippen LogP contribution in [0.3, 0.4) is 0 Å². The average molecular weight is 566 g/mol. The van der Waals surface area contributed by atoms with Crippen molar-refractivity contribution in [1.82, 2.24) is 14.5 Å². The van der Waals surface area contributed by atoms with Crippen LogP contribution in [0.2, 0.25) is 0 Å². The number of hydrogen-bond donors (Lipinski definition) is 1. The van der Waals surface area contributed by atoms with Crippen LogP contribution in [-0.2, 0) is 32.6 Å². The predicted molar refractivity (Wildman–Crippen MR) is 148 cm³/mol. The lowest BCUT2D eigenvalue weighted by molar-refractivity contribution is -0.141. The molecule has 1 aliphatic heterocycles. The molecule has 1 unspecified atom stereocenters. The molecule has 8 nitrogen and oxygen atoms in total. The van der Waals surface area contributed by atoms with Gasteiger partial charge >= 0.3 is 0 Å². The summed E-state index contributed by atoms with van der Waals surface area (Å²) in [4.78, 5) is 41.1. The molecule has 0 saturated heterocycles. The number of carbonyl (C=O) groups is 3. The highest BCUT2D eigenvalue weighted by atomic mass is 32.2. The summed E-state index contributed by atoms with van der Waals surface area (Å²) >= 11 is 0. The molecule has 210 valence electrons. The molecule has 1 N–H and O–H groups in total. The third-order valence-corrected chi connectivity index (χ3v) is 8.62. The van der Waals surface area contributed by atoms with Gasteiger partial charge in [-0.2, -0.15) is 0 Å². The number of amides is 3. The van der Waals surface area contributed by atoms with Crippen molar-refractivity contribution >= 4 is 27.7 Å². The summed E-state index contributed by atoms with van der Waals surface area (Å²) in [6.45, 7) is 2.00. The van der Waals surface area contributed by atoms with Gasteiger partial charge in [-0.3, -0.25) is 14.4 Å². The quantitative estimate of drug-likeness (QED) is 0.359. The van der Waals surface area contributed by atoms with Gasteiger partial charge in [0.05, 0.1) is 5.56 Å². The summed E-state index contributed by atoms with van der Waals surface area (Å²) in [7, 11) is -4.00. The average Bonchev–Trinajstić information content (AvgIpc) is 3.15. The lowest BCUT2D eigenvalue weighted by atomic mass is 10.0. The molecule has 0 aliphatic carbocycles. The molecule has 0 saturated carbocycles. The van der Waals surface area contributed by atoms with Gasteiger partial charge in [0.15, 0.2) is 0 Å². The fourth-order valence-corrected chi connectivity index (χ4v) is 6.31. The van der Waals surface area contributed by atoms with E-state index in [0.717, 1.165) is 9.87 Å². The summed E-state index contributed by atoms with van der Waals surface area (Å²) in [6, 6.07) is 20.4. The van der Waals surface area contributed by atoms with Crippen LogP contribution in [0.5, 0.6) is 0 Å². The maximum Gasteiger partial charge on any atom is 0.269 e. The zero-order valence-corrected chi connectivity index (χ0v) is 23.1. The first-order valence-corrected chi connectivity index (χ1v) is 14.7. The van der Waals surface area contributed by atoms with Crippen molar-refractivity contribution in [2.24, 2.45) is 0 Å². The summed E-state index contributed by atoms with van der Waals surface area (Å²) in [6.07, 6.45) is 0.813. The third-order valence-electron chi connectivity index (χ3n) is 6.78. The van der Waals surface area contributed by atoms with E-state index in [1.807, 2.05) is 37.3 Å². The molecular weight excluding hydrogens is 533 g/mol. The summed E-state index contributed by atoms with van der Waals surface area (Å²) in [5, 5.41) is 2.86. The fourth-order valence-electron chi connectivity index (χ4n) is 4.70. The van der Waals surface area contributed by atoms with Crippen molar-refractivity contribution in [3.8, 4) is 0 Å². The van der Waals surface area contributed by atoms with E-state index >= 15 is 0 Å². The van der Waals surface area contributed by atoms with E-state index in [9.17, 15) is 27.2 Å². The highest BCUT2D eigenvalue weighted by Gasteiger charge is 2.40. The molecule has 0 bridgehead atoms. The number of sulfonamides is 1. The molecule has 1 atom stereocenters. The van der Waals surface area contributed by atoms with E-state index in [-0.39, 0.29) is 54.3 Å². The first kappa shape index (κ1) is 28.9. The molecule has 3 amide bonds. The maximum atomic E-state index is 14.7. The molecule has 10 heteroatoms. The van der Waals surface area contributed by atoms with Crippen molar-refractivity contribution in [2.75, 3.05) is 13.1 Å². The molecule has 0 radical (unpaired) electrons. The molecule has 0 aromatic heterocycles. The second-order valence-corrected chi connectivity index (χ2v) is 11.4. The fraction of sp³-hybridized carbons (Fsp3) is 0.300. The summed E-state index contributed by atoms with van der Waals surface area (Å²) < 4.78 is 41.3. The number of hydrogen-bond acceptors (Lipinski definition) is 5. The number of nitrogens with one attached hydrogen (secondary N) is 1. The first-order chi connectivity index (χ1) is 19.2. The second kappa shape index (κ2) is 12.9. The van der Waals surface area contributed by atoms with Gasteiger partial charge in [-0.25, -0.2) is 17.1 Å². The molecule has 3 aromatic rings. The van der Waals surface area contributed by atoms with E-state index in [2.05, 4.69) is 5.32 Å². The van der Waals surface area contributed by atoms with Crippen LogP contribution in [0.1, 0.15) is 47.7 Å². The minimum Gasteiger partial charge on any atom is -0.354 e. The van der Waals surface area contributed by atoms with Gasteiger partial charge in [-0.1, -0.05) is 67.6 Å². The van der Waals surface area contributed by atoms with Gasteiger partial charge in [0.25, 0.3) is 15.9 Å². The zero-order valence-electron chi connectivity index (χ0n) is 22.3. The lowest BCUT2D eigenvalue weighted by Gasteiger charge is -2.32. The topological polar surface area (TPSA) is 104 Å². The Balaban J connectivity index is 1.56. The Kier molecular flexibility index (Phi) is 9.31. The van der Waals surface area contributed by atoms with E-state index in [1.54, 1.807) is 30.3 Å². The SMILES string of the molecule is CCCNC(=O)C(Cc1ccccc1)N(Cc1ccccc1F)C(=O)CCCN1C(=O)c2ccccc2S1(=O)=O. The van der Waals surface area contributed by atoms with Crippen molar-refractivity contribution in [3.63, 3.8) is 0 Å². The molecular formula is C30H32FN3O5S. The van der Waals surface area contributed by atoms with E-state index < -0.39 is 33.7 Å². The molecule has 1 aliphatic rings. The smallest absolute Gasteiger partial charge is 0.269 e. The van der Waals surface area contributed by atoms with Crippen molar-refractivity contribution in [1.29, 1.82) is 0 Å². The highest BCUT2D eigenvalue weighted by Crippen LogP contribution is 2.30. The van der Waals surface area contributed by atoms with Crippen molar-refractivity contribution in [2.45, 2.75) is 50.1 Å². The molecule has 40 heavy (non-hydrogen) atoms. The molecule has 0 spiro atoms. The van der Waals surface area contributed by atoms with E-state index in [0.29, 0.717) is 13.0 Å². The lowest BCUT2D eigenvalue weighted by Crippen LogP contribution is -2.50. The van der Waals surface area contributed by atoms with Crippen LogP contribution in [0.25, 0.3) is 0 Å². The molecule has 0 fully saturated rings. The van der Waals surface area contributed by atoms with Crippen LogP contribution >= 0.6 is 0 Å². The maximum absolute atomic E-state index is 14.7. The number of benzene rings is 3. The van der Waals surface area contributed by atoms with Crippen molar-refractivity contribution < 1.29 is 27.2 Å². The number of carbonyl (C=O) groups excluding carboxylic acids is 3. The molecule has 3 aromatic carbocycles. The normalized spacial score (nSPS) is 14.4. The Bertz CT molecular complexity index is 1480. The zero-order chi connectivity index (χ0) is 28.7. The Morgan fingerprint density at radius 2 is 1.65 bits per heavy atom. The highest BCUT2D eigenvalue weighted by molar-refractivity contribution is 7.90. The Hall–Kier alpha value is -4.05. The van der Waals surface area contributed by atoms with Crippen LogP contribution < -0.4 is 5.32 Å². The number of nitrogens with zero attached hydrogens (tertiary/aromatic N) is 2. The van der Waals surface area contributed by atoms with Gasteiger partial charge < -0.3 is 10.2 Å². The monoisotopic (exact) mass is 565 g/mol. The largest absolute Gasteiger partial charge is 0.354 e. The minimum atomic E-state index is -4.00. The standard InChI is InChI=1S/C30H32FN3O5S/c1-2-18-32-29(36)26(20-22-11-4-3-5-12-22)33(21-23-13-6-8-15-25(23)31)28(35)17-10-19-34-30(37)24-14-7-9-16-27(24)40(34,38)39/h3-9,11-16,26H,2,10,17-21H2,1H3,(H,32,36). The third kappa shape index (κ3) is 6.39. The Morgan fingerprint density at radius 3 is 2.35 bits per heavy atom. The van der Waals surface area contributed by atoms with Crippen molar-refractivity contribution in [3.05, 3.63) is 101 Å². The minimum absolute atomic E-state index is 0.0419. The van der Waals surface area contributed by atoms with Gasteiger partial charge in [-0.05, 0) is 36.6 Å². The van der Waals surface area contributed by atoms with Crippen LogP contribution in [0.4, 0.5) is 4.39 Å². The van der Waals surface area contributed by atoms with Gasteiger partial charge in [0.2, 0.25) is 11.8 Å². The Morgan fingerprint density at radius 1 is 0.975 bits per heavy atom. The van der Waals surface area contributed by atoms with Gasteiger partial charge in [0, 0.05) is 38.0 Å². The van der Waals surface area contributed by atoms with Gasteiger partial charge in [0.1, 0.15) is 16.8 Å². The van der Waals surface area contributed by atoms with Gasteiger partial charge in [-0.15, -0.1) is 0 Å². The van der Waals surface area contributed by atoms with E-state index in [1.165, 1.54) is 23.1 Å². The molecule has 1 heterocycles. The Labute approximate surface area is 233 Å².